The molecule has 2 heterocycles. The fourth-order valence-corrected chi connectivity index (χ4v) is 3.30. The number of imide groups is 1. The van der Waals surface area contributed by atoms with Crippen LogP contribution in [0.1, 0.15) is 24.1 Å². The molecule has 1 fully saturated rings. The van der Waals surface area contributed by atoms with Crippen LogP contribution in [0.2, 0.25) is 0 Å². The van der Waals surface area contributed by atoms with Gasteiger partial charge in [0.1, 0.15) is 11.9 Å². The van der Waals surface area contributed by atoms with Crippen molar-refractivity contribution < 1.29 is 22.8 Å². The predicted octanol–water partition coefficient (Wildman–Crippen LogP) is 3.07. The largest absolute Gasteiger partial charge is 0.410 e. The molecule has 1 aliphatic heterocycles. The van der Waals surface area contributed by atoms with Crippen molar-refractivity contribution in [1.82, 2.24) is 15.2 Å². The minimum atomic E-state index is -4.73. The Labute approximate surface area is 159 Å². The summed E-state index contributed by atoms with van der Waals surface area (Å²) in [5.41, 5.74) is 6.72. The second kappa shape index (κ2) is 7.49. The molecule has 3 N–H and O–H groups in total. The number of anilines is 1. The van der Waals surface area contributed by atoms with E-state index in [9.17, 15) is 22.8 Å². The van der Waals surface area contributed by atoms with Gasteiger partial charge in [-0.3, -0.25) is 9.69 Å². The fourth-order valence-electron chi connectivity index (χ4n) is 3.30. The van der Waals surface area contributed by atoms with Crippen molar-refractivity contribution >= 4 is 17.8 Å². The van der Waals surface area contributed by atoms with E-state index in [1.54, 1.807) is 37.3 Å². The van der Waals surface area contributed by atoms with Crippen LogP contribution in [0.4, 0.5) is 23.8 Å². The Kier molecular flexibility index (Phi) is 5.26. The third-order valence-electron chi connectivity index (χ3n) is 4.71. The van der Waals surface area contributed by atoms with E-state index in [1.807, 2.05) is 0 Å². The molecule has 148 valence electrons. The molecule has 3 amide bonds. The average Bonchev–Trinajstić information content (AvgIpc) is 2.63. The summed E-state index contributed by atoms with van der Waals surface area (Å²) in [7, 11) is 0. The maximum Gasteiger partial charge on any atom is 0.410 e. The van der Waals surface area contributed by atoms with E-state index in [-0.39, 0.29) is 17.1 Å². The first-order valence-electron chi connectivity index (χ1n) is 8.64. The lowest BCUT2D eigenvalue weighted by atomic mass is 9.82. The molecule has 0 radical (unpaired) electrons. The maximum absolute atomic E-state index is 13.6. The van der Waals surface area contributed by atoms with Crippen LogP contribution >= 0.6 is 0 Å². The molecule has 3 rings (SSSR count). The normalized spacial score (nSPS) is 20.4. The second-order valence-electron chi connectivity index (χ2n) is 6.68. The van der Waals surface area contributed by atoms with Crippen LogP contribution in [0.15, 0.2) is 48.7 Å². The first-order valence-corrected chi connectivity index (χ1v) is 8.64. The molecule has 1 aliphatic rings. The van der Waals surface area contributed by atoms with Crippen molar-refractivity contribution in [2.24, 2.45) is 5.92 Å². The monoisotopic (exact) mass is 392 g/mol. The number of carbonyl (C=O) groups excluding carboxylic acids is 2. The summed E-state index contributed by atoms with van der Waals surface area (Å²) in [5.74, 6) is -2.09. The van der Waals surface area contributed by atoms with Crippen molar-refractivity contribution in [3.63, 3.8) is 0 Å². The van der Waals surface area contributed by atoms with E-state index in [1.165, 1.54) is 18.3 Å². The Morgan fingerprint density at radius 1 is 1.29 bits per heavy atom. The number of benzene rings is 1. The highest BCUT2D eigenvalue weighted by Crippen LogP contribution is 2.41. The van der Waals surface area contributed by atoms with Gasteiger partial charge in [0.2, 0.25) is 5.91 Å². The first-order chi connectivity index (χ1) is 13.2. The lowest BCUT2D eigenvalue weighted by Gasteiger charge is -2.46. The highest BCUT2D eigenvalue weighted by Gasteiger charge is 2.62. The number of nitrogen functional groups attached to an aromatic ring is 1. The SMILES string of the molecule is CC(NC(=O)N1C(=O)C(Cc2ccnc(N)c2)C1C(F)(F)F)c1ccccc1. The first kappa shape index (κ1) is 19.7. The molecule has 2 aromatic rings. The highest BCUT2D eigenvalue weighted by molar-refractivity contribution is 6.01. The number of halogens is 3. The van der Waals surface area contributed by atoms with Crippen LogP contribution < -0.4 is 11.1 Å². The van der Waals surface area contributed by atoms with Gasteiger partial charge in [0.05, 0.1) is 12.0 Å². The Hall–Kier alpha value is -3.10. The minimum absolute atomic E-state index is 0.152. The number of amides is 3. The van der Waals surface area contributed by atoms with E-state index in [0.29, 0.717) is 5.56 Å². The van der Waals surface area contributed by atoms with Crippen molar-refractivity contribution in [1.29, 1.82) is 0 Å². The second-order valence-corrected chi connectivity index (χ2v) is 6.68. The lowest BCUT2D eigenvalue weighted by molar-refractivity contribution is -0.220. The molecule has 1 aromatic heterocycles. The van der Waals surface area contributed by atoms with Crippen LogP contribution in [0.5, 0.6) is 0 Å². The maximum atomic E-state index is 13.6. The number of nitrogens with zero attached hydrogens (tertiary/aromatic N) is 2. The molecule has 6 nitrogen and oxygen atoms in total. The molecular formula is C19H19F3N4O2. The number of urea groups is 1. The zero-order valence-corrected chi connectivity index (χ0v) is 15.0. The number of β-lactam (4-membered cyclic amide) rings is 1. The van der Waals surface area contributed by atoms with Crippen LogP contribution in [0.25, 0.3) is 0 Å². The number of likely N-dealkylation sites (tertiary alicyclic amines) is 1. The fraction of sp³-hybridized carbons (Fsp3) is 0.316. The molecule has 1 saturated heterocycles. The minimum Gasteiger partial charge on any atom is -0.384 e. The Morgan fingerprint density at radius 2 is 1.96 bits per heavy atom. The van der Waals surface area contributed by atoms with Crippen LogP contribution in [-0.4, -0.2) is 34.0 Å². The number of pyridine rings is 1. The van der Waals surface area contributed by atoms with E-state index in [4.69, 9.17) is 5.73 Å². The molecule has 3 atom stereocenters. The number of carbonyl (C=O) groups is 2. The summed E-state index contributed by atoms with van der Waals surface area (Å²) in [6.07, 6.45) is -3.54. The van der Waals surface area contributed by atoms with Crippen LogP contribution in [0.3, 0.4) is 0 Å². The van der Waals surface area contributed by atoms with Gasteiger partial charge in [-0.15, -0.1) is 0 Å². The average molecular weight is 392 g/mol. The number of nitrogens with one attached hydrogen (secondary N) is 1. The van der Waals surface area contributed by atoms with Gasteiger partial charge in [-0.05, 0) is 36.6 Å². The molecule has 9 heteroatoms. The molecule has 0 aliphatic carbocycles. The summed E-state index contributed by atoms with van der Waals surface area (Å²) in [5, 5.41) is 2.46. The molecule has 0 saturated carbocycles. The van der Waals surface area contributed by atoms with Gasteiger partial charge in [0, 0.05) is 6.20 Å². The number of nitrogens with two attached hydrogens (primary N) is 1. The van der Waals surface area contributed by atoms with E-state index < -0.39 is 36.1 Å². The van der Waals surface area contributed by atoms with Gasteiger partial charge >= 0.3 is 12.2 Å². The summed E-state index contributed by atoms with van der Waals surface area (Å²) < 4.78 is 40.7. The van der Waals surface area contributed by atoms with E-state index in [0.717, 1.165) is 5.56 Å². The van der Waals surface area contributed by atoms with E-state index in [2.05, 4.69) is 10.3 Å². The molecule has 28 heavy (non-hydrogen) atoms. The number of hydrogen-bond donors (Lipinski definition) is 2. The van der Waals surface area contributed by atoms with Crippen molar-refractivity contribution in [3.05, 3.63) is 59.8 Å². The van der Waals surface area contributed by atoms with Crippen LogP contribution in [-0.2, 0) is 11.2 Å². The smallest absolute Gasteiger partial charge is 0.384 e. The number of alkyl halides is 3. The molecular weight excluding hydrogens is 373 g/mol. The van der Waals surface area contributed by atoms with Crippen molar-refractivity contribution in [3.8, 4) is 0 Å². The molecule has 0 spiro atoms. The van der Waals surface area contributed by atoms with Gasteiger partial charge in [-0.2, -0.15) is 13.2 Å². The number of rotatable bonds is 4. The molecule has 3 unspecified atom stereocenters. The Morgan fingerprint density at radius 3 is 2.57 bits per heavy atom. The third kappa shape index (κ3) is 3.92. The lowest BCUT2D eigenvalue weighted by Crippen LogP contribution is -2.70. The summed E-state index contributed by atoms with van der Waals surface area (Å²) >= 11 is 0. The topological polar surface area (TPSA) is 88.3 Å². The summed E-state index contributed by atoms with van der Waals surface area (Å²) in [6.45, 7) is 1.64. The van der Waals surface area contributed by atoms with Gasteiger partial charge in [0.15, 0.2) is 0 Å². The molecule has 0 bridgehead atoms. The zero-order chi connectivity index (χ0) is 20.5. The van der Waals surface area contributed by atoms with Gasteiger partial charge in [-0.1, -0.05) is 30.3 Å². The van der Waals surface area contributed by atoms with Crippen molar-refractivity contribution in [2.45, 2.75) is 31.6 Å². The summed E-state index contributed by atoms with van der Waals surface area (Å²) in [4.78, 5) is 28.8. The predicted molar refractivity (Wildman–Crippen MR) is 95.9 cm³/mol. The molecule has 1 aromatic carbocycles. The third-order valence-corrected chi connectivity index (χ3v) is 4.71. The van der Waals surface area contributed by atoms with Gasteiger partial charge < -0.3 is 11.1 Å². The standard InChI is InChI=1S/C19H19F3N4O2/c1-11(13-5-3-2-4-6-13)25-18(28)26-16(19(20,21)22)14(17(26)27)9-12-7-8-24-15(23)10-12/h2-8,10-11,14,16H,9H2,1H3,(H2,23,24)(H,25,28). The Balaban J connectivity index is 1.75. The van der Waals surface area contributed by atoms with Crippen LogP contribution in [0, 0.1) is 5.92 Å². The Bertz CT molecular complexity index is 873. The van der Waals surface area contributed by atoms with Gasteiger partial charge in [-0.25, -0.2) is 9.78 Å². The van der Waals surface area contributed by atoms with Crippen molar-refractivity contribution in [2.75, 3.05) is 5.73 Å². The number of aromatic nitrogens is 1. The zero-order valence-electron chi connectivity index (χ0n) is 15.0. The highest BCUT2D eigenvalue weighted by atomic mass is 19.4. The van der Waals surface area contributed by atoms with Gasteiger partial charge in [0.25, 0.3) is 0 Å². The quantitative estimate of drug-likeness (QED) is 0.783. The summed E-state index contributed by atoms with van der Waals surface area (Å²) in [6, 6.07) is 7.89. The van der Waals surface area contributed by atoms with E-state index >= 15 is 0 Å². The number of hydrogen-bond acceptors (Lipinski definition) is 4.